The van der Waals surface area contributed by atoms with Gasteiger partial charge in [0.1, 0.15) is 0 Å². The van der Waals surface area contributed by atoms with Gasteiger partial charge in [0.25, 0.3) is 0 Å². The van der Waals surface area contributed by atoms with Gasteiger partial charge in [-0.25, -0.2) is 0 Å². The summed E-state index contributed by atoms with van der Waals surface area (Å²) in [5.74, 6) is 1.36. The van der Waals surface area contributed by atoms with Crippen LogP contribution in [0.25, 0.3) is 0 Å². The van der Waals surface area contributed by atoms with Crippen LogP contribution in [0.4, 0.5) is 0 Å². The summed E-state index contributed by atoms with van der Waals surface area (Å²) in [4.78, 5) is 11.7. The molecule has 0 aliphatic heterocycles. The molecule has 3 nitrogen and oxygen atoms in total. The number of amides is 1. The van der Waals surface area contributed by atoms with E-state index in [1.54, 1.807) is 0 Å². The van der Waals surface area contributed by atoms with Gasteiger partial charge in [-0.2, -0.15) is 0 Å². The lowest BCUT2D eigenvalue weighted by Gasteiger charge is -2.31. The summed E-state index contributed by atoms with van der Waals surface area (Å²) in [6.45, 7) is 4.48. The van der Waals surface area contributed by atoms with Crippen molar-refractivity contribution in [1.82, 2.24) is 5.32 Å². The third-order valence-corrected chi connectivity index (χ3v) is 3.02. The quantitative estimate of drug-likeness (QED) is 0.721. The minimum absolute atomic E-state index is 0.0335. The maximum Gasteiger partial charge on any atom is 0.227 e. The molecule has 15 heavy (non-hydrogen) atoms. The first-order valence-corrected chi connectivity index (χ1v) is 5.96. The van der Waals surface area contributed by atoms with Crippen molar-refractivity contribution in [2.24, 2.45) is 17.6 Å². The number of hydrogen-bond donors (Lipinski definition) is 2. The second kappa shape index (κ2) is 5.45. The number of carbonyl (C=O) groups is 1. The standard InChI is InChI=1S/C11H20N2OS/c1-7-3-8(2)5-9(4-7)13-11(14)6-10(12)15/h7-9H,3-6H2,1-2H3,(H2,12,15)(H,13,14). The summed E-state index contributed by atoms with van der Waals surface area (Å²) >= 11 is 4.70. The van der Waals surface area contributed by atoms with Crippen molar-refractivity contribution < 1.29 is 4.79 Å². The predicted molar refractivity (Wildman–Crippen MR) is 65.5 cm³/mol. The van der Waals surface area contributed by atoms with Crippen LogP contribution in [0.1, 0.15) is 39.5 Å². The van der Waals surface area contributed by atoms with Crippen LogP contribution in [0.15, 0.2) is 0 Å². The summed E-state index contributed by atoms with van der Waals surface area (Å²) in [6, 6.07) is 0.311. The van der Waals surface area contributed by atoms with Gasteiger partial charge in [-0.05, 0) is 31.1 Å². The fraction of sp³-hybridized carbons (Fsp3) is 0.818. The molecule has 2 unspecified atom stereocenters. The second-order valence-corrected chi connectivity index (χ2v) is 5.35. The first-order valence-electron chi connectivity index (χ1n) is 5.55. The normalized spacial score (nSPS) is 30.9. The van der Waals surface area contributed by atoms with Gasteiger partial charge < -0.3 is 11.1 Å². The Morgan fingerprint density at radius 1 is 1.33 bits per heavy atom. The highest BCUT2D eigenvalue weighted by atomic mass is 32.1. The summed E-state index contributed by atoms with van der Waals surface area (Å²) in [5.41, 5.74) is 5.32. The van der Waals surface area contributed by atoms with E-state index in [9.17, 15) is 4.79 Å². The molecular formula is C11H20N2OS. The Morgan fingerprint density at radius 3 is 2.33 bits per heavy atom. The molecule has 1 aliphatic carbocycles. The highest BCUT2D eigenvalue weighted by molar-refractivity contribution is 7.80. The monoisotopic (exact) mass is 228 g/mol. The van der Waals surface area contributed by atoms with Crippen LogP contribution in [-0.2, 0) is 4.79 Å². The van der Waals surface area contributed by atoms with Crippen molar-refractivity contribution in [2.45, 2.75) is 45.6 Å². The Kier molecular flexibility index (Phi) is 4.51. The molecule has 0 bridgehead atoms. The number of hydrogen-bond acceptors (Lipinski definition) is 2. The van der Waals surface area contributed by atoms with E-state index in [1.165, 1.54) is 6.42 Å². The lowest BCUT2D eigenvalue weighted by molar-refractivity contribution is -0.121. The third-order valence-electron chi connectivity index (χ3n) is 2.88. The van der Waals surface area contributed by atoms with Gasteiger partial charge in [-0.15, -0.1) is 0 Å². The molecular weight excluding hydrogens is 208 g/mol. The first-order chi connectivity index (χ1) is 6.97. The molecule has 1 amide bonds. The molecule has 0 radical (unpaired) electrons. The maximum absolute atomic E-state index is 11.5. The number of rotatable bonds is 3. The van der Waals surface area contributed by atoms with Crippen LogP contribution in [0.2, 0.25) is 0 Å². The summed E-state index contributed by atoms with van der Waals surface area (Å²) < 4.78 is 0. The third kappa shape index (κ3) is 4.60. The molecule has 86 valence electrons. The lowest BCUT2D eigenvalue weighted by atomic mass is 9.80. The highest BCUT2D eigenvalue weighted by Gasteiger charge is 2.24. The topological polar surface area (TPSA) is 55.1 Å². The number of nitrogens with one attached hydrogen (secondary N) is 1. The van der Waals surface area contributed by atoms with E-state index in [0.29, 0.717) is 17.9 Å². The lowest BCUT2D eigenvalue weighted by Crippen LogP contribution is -2.41. The zero-order valence-electron chi connectivity index (χ0n) is 9.45. The van der Waals surface area contributed by atoms with Crippen molar-refractivity contribution in [2.75, 3.05) is 0 Å². The zero-order valence-corrected chi connectivity index (χ0v) is 10.3. The van der Waals surface area contributed by atoms with E-state index in [0.717, 1.165) is 12.8 Å². The van der Waals surface area contributed by atoms with Crippen molar-refractivity contribution in [1.29, 1.82) is 0 Å². The SMILES string of the molecule is CC1CC(C)CC(NC(=O)CC(N)=S)C1. The van der Waals surface area contributed by atoms with Crippen LogP contribution in [0.5, 0.6) is 0 Å². The Labute approximate surface area is 96.8 Å². The molecule has 0 aromatic heterocycles. The zero-order chi connectivity index (χ0) is 11.4. The van der Waals surface area contributed by atoms with Crippen LogP contribution in [-0.4, -0.2) is 16.9 Å². The Hall–Kier alpha value is -0.640. The fourth-order valence-corrected chi connectivity index (χ4v) is 2.63. The van der Waals surface area contributed by atoms with E-state index in [2.05, 4.69) is 19.2 Å². The van der Waals surface area contributed by atoms with Gasteiger partial charge in [0.05, 0.1) is 11.4 Å². The average Bonchev–Trinajstić information content (AvgIpc) is 1.98. The fourth-order valence-electron chi connectivity index (χ4n) is 2.50. The molecule has 0 aromatic carbocycles. The summed E-state index contributed by atoms with van der Waals surface area (Å²) in [7, 11) is 0. The molecule has 0 saturated heterocycles. The predicted octanol–water partition coefficient (Wildman–Crippen LogP) is 1.60. The van der Waals surface area contributed by atoms with Gasteiger partial charge in [-0.3, -0.25) is 4.79 Å². The second-order valence-electron chi connectivity index (χ2n) is 4.82. The van der Waals surface area contributed by atoms with E-state index in [4.69, 9.17) is 18.0 Å². The molecule has 0 heterocycles. The van der Waals surface area contributed by atoms with E-state index in [1.807, 2.05) is 0 Å². The maximum atomic E-state index is 11.5. The minimum atomic E-state index is -0.0335. The number of thiocarbonyl (C=S) groups is 1. The van der Waals surface area contributed by atoms with Gasteiger partial charge in [-0.1, -0.05) is 26.1 Å². The van der Waals surface area contributed by atoms with Crippen molar-refractivity contribution >= 4 is 23.1 Å². The minimum Gasteiger partial charge on any atom is -0.393 e. The van der Waals surface area contributed by atoms with E-state index >= 15 is 0 Å². The van der Waals surface area contributed by atoms with Crippen molar-refractivity contribution in [3.05, 3.63) is 0 Å². The Bertz CT molecular complexity index is 245. The molecule has 0 aromatic rings. The molecule has 3 N–H and O–H groups in total. The molecule has 1 fully saturated rings. The summed E-state index contributed by atoms with van der Waals surface area (Å²) in [6.07, 6.45) is 3.59. The number of carbonyl (C=O) groups excluding carboxylic acids is 1. The van der Waals surface area contributed by atoms with Gasteiger partial charge in [0.15, 0.2) is 0 Å². The Morgan fingerprint density at radius 2 is 1.87 bits per heavy atom. The average molecular weight is 228 g/mol. The van der Waals surface area contributed by atoms with Gasteiger partial charge >= 0.3 is 0 Å². The highest BCUT2D eigenvalue weighted by Crippen LogP contribution is 2.28. The van der Waals surface area contributed by atoms with Crippen LogP contribution < -0.4 is 11.1 Å². The Balaban J connectivity index is 2.37. The molecule has 0 spiro atoms. The van der Waals surface area contributed by atoms with Gasteiger partial charge in [0, 0.05) is 6.04 Å². The molecule has 1 rings (SSSR count). The van der Waals surface area contributed by atoms with E-state index < -0.39 is 0 Å². The first kappa shape index (κ1) is 12.4. The van der Waals surface area contributed by atoms with Crippen LogP contribution >= 0.6 is 12.2 Å². The van der Waals surface area contributed by atoms with E-state index in [-0.39, 0.29) is 17.3 Å². The smallest absolute Gasteiger partial charge is 0.227 e. The molecule has 2 atom stereocenters. The van der Waals surface area contributed by atoms with Crippen molar-refractivity contribution in [3.63, 3.8) is 0 Å². The molecule has 1 saturated carbocycles. The molecule has 1 aliphatic rings. The summed E-state index contributed by atoms with van der Waals surface area (Å²) in [5, 5.41) is 3.00. The van der Waals surface area contributed by atoms with Crippen LogP contribution in [0.3, 0.4) is 0 Å². The van der Waals surface area contributed by atoms with Gasteiger partial charge in [0.2, 0.25) is 5.91 Å². The van der Waals surface area contributed by atoms with Crippen molar-refractivity contribution in [3.8, 4) is 0 Å². The number of nitrogens with two attached hydrogens (primary N) is 1. The molecule has 4 heteroatoms. The van der Waals surface area contributed by atoms with Crippen LogP contribution in [0, 0.1) is 11.8 Å². The largest absolute Gasteiger partial charge is 0.393 e.